The van der Waals surface area contributed by atoms with Gasteiger partial charge in [-0.2, -0.15) is 0 Å². The van der Waals surface area contributed by atoms with Crippen LogP contribution in [0, 0.1) is 0 Å². The normalized spacial score (nSPS) is 27.3. The molecule has 0 amide bonds. The van der Waals surface area contributed by atoms with Crippen molar-refractivity contribution in [3.63, 3.8) is 0 Å². The molecule has 0 aromatic heterocycles. The summed E-state index contributed by atoms with van der Waals surface area (Å²) >= 11 is 0. The lowest BCUT2D eigenvalue weighted by molar-refractivity contribution is -0.156. The van der Waals surface area contributed by atoms with Gasteiger partial charge in [-0.15, -0.1) is 0 Å². The first-order chi connectivity index (χ1) is 16.0. The number of ether oxygens (including phenoxy) is 5. The molecule has 2 saturated heterocycles. The standard InChI is InChI=1S/C28H54O5/c1-5-7-9-11-15-25(3)30-23-27(17-13-19-32-27)21-29-22-28(18-14-20-33-28)24-31-26(4)16-12-10-8-6-2/h25-26H,5-24H2,1-4H3. The first-order valence-electron chi connectivity index (χ1n) is 14.1. The average molecular weight is 471 g/mol. The molecule has 196 valence electrons. The summed E-state index contributed by atoms with van der Waals surface area (Å²) in [4.78, 5) is 0. The number of unbranched alkanes of at least 4 members (excludes halogenated alkanes) is 6. The maximum Gasteiger partial charge on any atom is 0.115 e. The maximum absolute atomic E-state index is 6.29. The lowest BCUT2D eigenvalue weighted by Crippen LogP contribution is -2.45. The van der Waals surface area contributed by atoms with Crippen LogP contribution in [0.2, 0.25) is 0 Å². The van der Waals surface area contributed by atoms with E-state index in [1.807, 2.05) is 0 Å². The molecule has 2 fully saturated rings. The second kappa shape index (κ2) is 16.5. The molecular weight excluding hydrogens is 416 g/mol. The van der Waals surface area contributed by atoms with Gasteiger partial charge in [0, 0.05) is 13.2 Å². The van der Waals surface area contributed by atoms with Crippen molar-refractivity contribution in [1.82, 2.24) is 0 Å². The summed E-state index contributed by atoms with van der Waals surface area (Å²) in [5, 5.41) is 0. The number of rotatable bonds is 20. The van der Waals surface area contributed by atoms with Crippen LogP contribution in [-0.2, 0) is 23.7 Å². The van der Waals surface area contributed by atoms with Crippen LogP contribution in [-0.4, -0.2) is 63.1 Å². The molecule has 0 radical (unpaired) electrons. The summed E-state index contributed by atoms with van der Waals surface area (Å²) < 4.78 is 31.1. The summed E-state index contributed by atoms with van der Waals surface area (Å²) in [6, 6.07) is 0. The third-order valence-electron chi connectivity index (χ3n) is 7.29. The van der Waals surface area contributed by atoms with E-state index >= 15 is 0 Å². The summed E-state index contributed by atoms with van der Waals surface area (Å²) in [5.74, 6) is 0. The monoisotopic (exact) mass is 470 g/mol. The smallest absolute Gasteiger partial charge is 0.115 e. The third-order valence-corrected chi connectivity index (χ3v) is 7.29. The molecule has 4 atom stereocenters. The van der Waals surface area contributed by atoms with Crippen LogP contribution in [0.4, 0.5) is 0 Å². The van der Waals surface area contributed by atoms with Crippen molar-refractivity contribution in [3.05, 3.63) is 0 Å². The van der Waals surface area contributed by atoms with Gasteiger partial charge in [0.1, 0.15) is 11.2 Å². The van der Waals surface area contributed by atoms with E-state index in [-0.39, 0.29) is 23.4 Å². The molecule has 2 aliphatic heterocycles. The molecule has 5 nitrogen and oxygen atoms in total. The van der Waals surface area contributed by atoms with E-state index in [4.69, 9.17) is 23.7 Å². The van der Waals surface area contributed by atoms with Gasteiger partial charge in [0.2, 0.25) is 0 Å². The van der Waals surface area contributed by atoms with Crippen molar-refractivity contribution in [2.45, 2.75) is 141 Å². The molecule has 4 unspecified atom stereocenters. The molecule has 0 bridgehead atoms. The fourth-order valence-corrected chi connectivity index (χ4v) is 4.94. The Kier molecular flexibility index (Phi) is 14.5. The van der Waals surface area contributed by atoms with Crippen LogP contribution in [0.3, 0.4) is 0 Å². The second-order valence-electron chi connectivity index (χ2n) is 10.7. The Morgan fingerprint density at radius 1 is 0.636 bits per heavy atom. The highest BCUT2D eigenvalue weighted by Crippen LogP contribution is 2.31. The van der Waals surface area contributed by atoms with Gasteiger partial charge in [-0.1, -0.05) is 65.2 Å². The highest BCUT2D eigenvalue weighted by Gasteiger charge is 2.40. The van der Waals surface area contributed by atoms with Crippen molar-refractivity contribution in [1.29, 1.82) is 0 Å². The van der Waals surface area contributed by atoms with Gasteiger partial charge in [0.15, 0.2) is 0 Å². The van der Waals surface area contributed by atoms with Crippen molar-refractivity contribution < 1.29 is 23.7 Å². The Labute approximate surface area is 204 Å². The third kappa shape index (κ3) is 11.4. The topological polar surface area (TPSA) is 46.2 Å². The van der Waals surface area contributed by atoms with E-state index in [2.05, 4.69) is 27.7 Å². The van der Waals surface area contributed by atoms with E-state index in [0.29, 0.717) is 26.4 Å². The fourth-order valence-electron chi connectivity index (χ4n) is 4.94. The van der Waals surface area contributed by atoms with Gasteiger partial charge in [-0.05, 0) is 52.4 Å². The van der Waals surface area contributed by atoms with Gasteiger partial charge in [0.25, 0.3) is 0 Å². The van der Waals surface area contributed by atoms with Crippen molar-refractivity contribution in [3.8, 4) is 0 Å². The highest BCUT2D eigenvalue weighted by molar-refractivity contribution is 4.89. The summed E-state index contributed by atoms with van der Waals surface area (Å²) in [6.07, 6.45) is 17.3. The zero-order valence-electron chi connectivity index (χ0n) is 22.3. The Bertz CT molecular complexity index is 429. The largest absolute Gasteiger partial charge is 0.375 e. The van der Waals surface area contributed by atoms with Gasteiger partial charge >= 0.3 is 0 Å². The molecule has 33 heavy (non-hydrogen) atoms. The molecule has 0 N–H and O–H groups in total. The predicted octanol–water partition coefficient (Wildman–Crippen LogP) is 6.85. The van der Waals surface area contributed by atoms with E-state index in [0.717, 1.165) is 51.7 Å². The maximum atomic E-state index is 6.29. The Morgan fingerprint density at radius 2 is 1.09 bits per heavy atom. The minimum atomic E-state index is -0.301. The zero-order chi connectivity index (χ0) is 23.8. The van der Waals surface area contributed by atoms with Crippen LogP contribution in [0.25, 0.3) is 0 Å². The van der Waals surface area contributed by atoms with E-state index in [1.54, 1.807) is 0 Å². The first-order valence-corrected chi connectivity index (χ1v) is 14.1. The minimum Gasteiger partial charge on any atom is -0.375 e. The molecule has 5 heteroatoms. The van der Waals surface area contributed by atoms with Crippen LogP contribution in [0.5, 0.6) is 0 Å². The SMILES string of the molecule is CCCCCCC(C)OCC1(COCC2(COC(C)CCCCCC)CCCO2)CCCO1. The van der Waals surface area contributed by atoms with Gasteiger partial charge in [-0.3, -0.25) is 0 Å². The van der Waals surface area contributed by atoms with Gasteiger partial charge in [0.05, 0.1) is 38.6 Å². The molecule has 0 spiro atoms. The molecule has 0 aromatic rings. The molecule has 0 aliphatic carbocycles. The van der Waals surface area contributed by atoms with Crippen LogP contribution in [0.15, 0.2) is 0 Å². The van der Waals surface area contributed by atoms with Gasteiger partial charge < -0.3 is 23.7 Å². The van der Waals surface area contributed by atoms with Gasteiger partial charge in [-0.25, -0.2) is 0 Å². The van der Waals surface area contributed by atoms with Crippen molar-refractivity contribution in [2.75, 3.05) is 39.6 Å². The summed E-state index contributed by atoms with van der Waals surface area (Å²) in [7, 11) is 0. The molecule has 0 aromatic carbocycles. The summed E-state index contributed by atoms with van der Waals surface area (Å²) in [6.45, 7) is 12.9. The van der Waals surface area contributed by atoms with Crippen LogP contribution < -0.4 is 0 Å². The number of hydrogen-bond acceptors (Lipinski definition) is 5. The van der Waals surface area contributed by atoms with Crippen molar-refractivity contribution in [2.24, 2.45) is 0 Å². The van der Waals surface area contributed by atoms with E-state index in [1.165, 1.54) is 51.4 Å². The zero-order valence-corrected chi connectivity index (χ0v) is 22.3. The van der Waals surface area contributed by atoms with E-state index < -0.39 is 0 Å². The predicted molar refractivity (Wildman–Crippen MR) is 135 cm³/mol. The highest BCUT2D eigenvalue weighted by atomic mass is 16.6. The van der Waals surface area contributed by atoms with Crippen molar-refractivity contribution >= 4 is 0 Å². The van der Waals surface area contributed by atoms with Crippen LogP contribution in [0.1, 0.15) is 118 Å². The lowest BCUT2D eigenvalue weighted by Gasteiger charge is -2.33. The minimum absolute atomic E-state index is 0.277. The molecule has 2 aliphatic rings. The molecular formula is C28H54O5. The fraction of sp³-hybridized carbons (Fsp3) is 1.00. The van der Waals surface area contributed by atoms with E-state index in [9.17, 15) is 0 Å². The first kappa shape index (κ1) is 29.0. The Hall–Kier alpha value is -0.200. The molecule has 0 saturated carbocycles. The molecule has 2 heterocycles. The Morgan fingerprint density at radius 3 is 1.45 bits per heavy atom. The molecule has 2 rings (SSSR count). The van der Waals surface area contributed by atoms with Crippen LogP contribution >= 0.6 is 0 Å². The summed E-state index contributed by atoms with van der Waals surface area (Å²) in [5.41, 5.74) is -0.601. The second-order valence-corrected chi connectivity index (χ2v) is 10.7. The number of hydrogen-bond donors (Lipinski definition) is 0. The quantitative estimate of drug-likeness (QED) is 0.182. The lowest BCUT2D eigenvalue weighted by atomic mass is 10.0. The average Bonchev–Trinajstić information content (AvgIpc) is 3.48. The Balaban J connectivity index is 1.72.